The lowest BCUT2D eigenvalue weighted by atomic mass is 10.0. The first-order valence-electron chi connectivity index (χ1n) is 3.88. The van der Waals surface area contributed by atoms with Crippen LogP contribution in [0.15, 0.2) is 18.2 Å². The summed E-state index contributed by atoms with van der Waals surface area (Å²) in [5.41, 5.74) is 0.924. The predicted octanol–water partition coefficient (Wildman–Crippen LogP) is 2.11. The lowest BCUT2D eigenvalue weighted by molar-refractivity contribution is 0.115. The van der Waals surface area contributed by atoms with Crippen molar-refractivity contribution in [1.29, 1.82) is 0 Å². The van der Waals surface area contributed by atoms with Gasteiger partial charge in [-0.3, -0.25) is 0 Å². The third-order valence-electron chi connectivity index (χ3n) is 1.99. The first kappa shape index (κ1) is 8.31. The van der Waals surface area contributed by atoms with Gasteiger partial charge >= 0.3 is 0 Å². The predicted molar refractivity (Wildman–Crippen MR) is 54.2 cm³/mol. The van der Waals surface area contributed by atoms with Gasteiger partial charge in [0.25, 0.3) is 0 Å². The molecular weight excluding hydrogens is 267 g/mol. The van der Waals surface area contributed by atoms with Crippen LogP contribution < -0.4 is 4.74 Å². The van der Waals surface area contributed by atoms with Crippen molar-refractivity contribution in [1.82, 2.24) is 0 Å². The summed E-state index contributed by atoms with van der Waals surface area (Å²) in [4.78, 5) is 0. The van der Waals surface area contributed by atoms with E-state index in [0.29, 0.717) is 13.0 Å². The van der Waals surface area contributed by atoms with Crippen LogP contribution in [-0.2, 0) is 0 Å². The molecule has 1 N–H and O–H groups in total. The summed E-state index contributed by atoms with van der Waals surface area (Å²) in [6.07, 6.45) is 0.357. The van der Waals surface area contributed by atoms with E-state index in [1.165, 1.54) is 0 Å². The second-order valence-electron chi connectivity index (χ2n) is 2.81. The largest absolute Gasteiger partial charge is 0.492 e. The van der Waals surface area contributed by atoms with E-state index in [9.17, 15) is 5.11 Å². The summed E-state index contributed by atoms with van der Waals surface area (Å²) >= 11 is 2.22. The normalized spacial score (nSPS) is 21.3. The van der Waals surface area contributed by atoms with E-state index in [1.807, 2.05) is 18.2 Å². The fraction of sp³-hybridized carbons (Fsp3) is 0.333. The van der Waals surface area contributed by atoms with Gasteiger partial charge in [-0.2, -0.15) is 0 Å². The maximum atomic E-state index is 9.60. The fourth-order valence-electron chi connectivity index (χ4n) is 1.37. The molecule has 0 saturated heterocycles. The molecule has 0 amide bonds. The molecule has 1 heterocycles. The number of hydrogen-bond donors (Lipinski definition) is 1. The van der Waals surface area contributed by atoms with Crippen molar-refractivity contribution >= 4 is 22.6 Å². The van der Waals surface area contributed by atoms with Crippen molar-refractivity contribution in [3.05, 3.63) is 27.3 Å². The molecule has 1 atom stereocenters. The molecule has 0 saturated carbocycles. The van der Waals surface area contributed by atoms with Crippen LogP contribution in [0.3, 0.4) is 0 Å². The smallest absolute Gasteiger partial charge is 0.138 e. The summed E-state index contributed by atoms with van der Waals surface area (Å²) in [6, 6.07) is 5.84. The third-order valence-corrected chi connectivity index (χ3v) is 2.84. The Morgan fingerprint density at radius 3 is 3.08 bits per heavy atom. The molecule has 0 aromatic heterocycles. The van der Waals surface area contributed by atoms with Gasteiger partial charge in [0, 0.05) is 12.0 Å². The first-order valence-corrected chi connectivity index (χ1v) is 4.96. The van der Waals surface area contributed by atoms with Crippen molar-refractivity contribution in [2.75, 3.05) is 6.61 Å². The zero-order chi connectivity index (χ0) is 8.55. The van der Waals surface area contributed by atoms with Crippen LogP contribution in [-0.4, -0.2) is 11.7 Å². The highest BCUT2D eigenvalue weighted by Crippen LogP contribution is 2.35. The average Bonchev–Trinajstić information content (AvgIpc) is 2.07. The number of benzene rings is 1. The fourth-order valence-corrected chi connectivity index (χ4v) is 2.04. The Balaban J connectivity index is 2.52. The monoisotopic (exact) mass is 276 g/mol. The minimum absolute atomic E-state index is 0.344. The van der Waals surface area contributed by atoms with E-state index in [2.05, 4.69) is 22.6 Å². The van der Waals surface area contributed by atoms with E-state index >= 15 is 0 Å². The van der Waals surface area contributed by atoms with Crippen molar-refractivity contribution in [3.63, 3.8) is 0 Å². The first-order chi connectivity index (χ1) is 5.79. The van der Waals surface area contributed by atoms with Crippen LogP contribution in [0.2, 0.25) is 0 Å². The maximum absolute atomic E-state index is 9.60. The minimum Gasteiger partial charge on any atom is -0.492 e. The van der Waals surface area contributed by atoms with Crippen molar-refractivity contribution in [2.24, 2.45) is 0 Å². The maximum Gasteiger partial charge on any atom is 0.138 e. The Kier molecular flexibility index (Phi) is 2.23. The molecule has 0 bridgehead atoms. The molecular formula is C9H9IO2. The van der Waals surface area contributed by atoms with Crippen molar-refractivity contribution < 1.29 is 9.84 Å². The van der Waals surface area contributed by atoms with Gasteiger partial charge in [0.15, 0.2) is 0 Å². The summed E-state index contributed by atoms with van der Waals surface area (Å²) < 4.78 is 6.53. The quantitative estimate of drug-likeness (QED) is 0.735. The SMILES string of the molecule is O[C@@H]1CCOc2c(I)cccc21. The van der Waals surface area contributed by atoms with Crippen LogP contribution in [0.1, 0.15) is 18.1 Å². The van der Waals surface area contributed by atoms with Crippen molar-refractivity contribution in [2.45, 2.75) is 12.5 Å². The number of aliphatic hydroxyl groups excluding tert-OH is 1. The number of aliphatic hydroxyl groups is 1. The molecule has 2 rings (SSSR count). The lowest BCUT2D eigenvalue weighted by Crippen LogP contribution is -2.14. The molecule has 0 unspecified atom stereocenters. The highest BCUT2D eigenvalue weighted by Gasteiger charge is 2.20. The van der Waals surface area contributed by atoms with Gasteiger partial charge in [-0.1, -0.05) is 12.1 Å². The van der Waals surface area contributed by atoms with Crippen LogP contribution >= 0.6 is 22.6 Å². The van der Waals surface area contributed by atoms with Gasteiger partial charge in [0.2, 0.25) is 0 Å². The molecule has 3 heteroatoms. The van der Waals surface area contributed by atoms with Gasteiger partial charge in [-0.15, -0.1) is 0 Å². The van der Waals surface area contributed by atoms with E-state index in [1.54, 1.807) is 0 Å². The Morgan fingerprint density at radius 2 is 2.33 bits per heavy atom. The van der Waals surface area contributed by atoms with E-state index in [-0.39, 0.29) is 6.10 Å². The molecule has 2 nitrogen and oxygen atoms in total. The molecule has 0 fully saturated rings. The highest BCUT2D eigenvalue weighted by atomic mass is 127. The summed E-state index contributed by atoms with van der Waals surface area (Å²) in [5.74, 6) is 0.858. The molecule has 0 aliphatic carbocycles. The molecule has 0 spiro atoms. The Hall–Kier alpha value is -0.290. The van der Waals surface area contributed by atoms with Crippen LogP contribution in [0, 0.1) is 3.57 Å². The molecule has 1 aliphatic heterocycles. The van der Waals surface area contributed by atoms with Crippen molar-refractivity contribution in [3.8, 4) is 5.75 Å². The van der Waals surface area contributed by atoms with Crippen LogP contribution in [0.25, 0.3) is 0 Å². The lowest BCUT2D eigenvalue weighted by Gasteiger charge is -2.22. The number of hydrogen-bond acceptors (Lipinski definition) is 2. The topological polar surface area (TPSA) is 29.5 Å². The molecule has 64 valence electrons. The van der Waals surface area contributed by atoms with Gasteiger partial charge in [-0.25, -0.2) is 0 Å². The number of para-hydroxylation sites is 1. The summed E-state index contributed by atoms with van der Waals surface area (Å²) in [7, 11) is 0. The van der Waals surface area contributed by atoms with Gasteiger partial charge in [0.05, 0.1) is 16.3 Å². The molecule has 1 aromatic carbocycles. The number of fused-ring (bicyclic) bond motifs is 1. The Labute approximate surface area is 84.7 Å². The van der Waals surface area contributed by atoms with E-state index in [0.717, 1.165) is 14.9 Å². The number of ether oxygens (including phenoxy) is 1. The minimum atomic E-state index is -0.344. The second kappa shape index (κ2) is 3.22. The molecule has 12 heavy (non-hydrogen) atoms. The zero-order valence-electron chi connectivity index (χ0n) is 6.46. The highest BCUT2D eigenvalue weighted by molar-refractivity contribution is 14.1. The van der Waals surface area contributed by atoms with Gasteiger partial charge in [0.1, 0.15) is 5.75 Å². The second-order valence-corrected chi connectivity index (χ2v) is 3.97. The van der Waals surface area contributed by atoms with Crippen LogP contribution in [0.4, 0.5) is 0 Å². The zero-order valence-corrected chi connectivity index (χ0v) is 8.61. The molecule has 0 radical (unpaired) electrons. The van der Waals surface area contributed by atoms with E-state index < -0.39 is 0 Å². The average molecular weight is 276 g/mol. The summed E-state index contributed by atoms with van der Waals surface area (Å²) in [6.45, 7) is 0.619. The Morgan fingerprint density at radius 1 is 1.50 bits per heavy atom. The molecule has 1 aliphatic rings. The third kappa shape index (κ3) is 1.31. The van der Waals surface area contributed by atoms with E-state index in [4.69, 9.17) is 4.74 Å². The number of halogens is 1. The standard InChI is InChI=1S/C9H9IO2/c10-7-3-1-2-6-8(11)4-5-12-9(6)7/h1-3,8,11H,4-5H2/t8-/m1/s1. The Bertz CT molecular complexity index is 299. The van der Waals surface area contributed by atoms with Crippen LogP contribution in [0.5, 0.6) is 5.75 Å². The summed E-state index contributed by atoms with van der Waals surface area (Å²) in [5, 5.41) is 9.60. The molecule has 1 aromatic rings. The number of rotatable bonds is 0. The van der Waals surface area contributed by atoms with Gasteiger partial charge < -0.3 is 9.84 Å². The van der Waals surface area contributed by atoms with Gasteiger partial charge in [-0.05, 0) is 28.7 Å².